The summed E-state index contributed by atoms with van der Waals surface area (Å²) in [5, 5.41) is 2.67. The smallest absolute Gasteiger partial charge is 0.263 e. The number of nitrogens with one attached hydrogen (secondary N) is 2. The number of hydrogen-bond acceptors (Lipinski definition) is 4. The first kappa shape index (κ1) is 19.0. The van der Waals surface area contributed by atoms with E-state index in [9.17, 15) is 22.0 Å². The predicted octanol–water partition coefficient (Wildman–Crippen LogP) is 2.27. The summed E-state index contributed by atoms with van der Waals surface area (Å²) in [6.45, 7) is 1.72. The first-order chi connectivity index (χ1) is 12.8. The summed E-state index contributed by atoms with van der Waals surface area (Å²) < 4.78 is 52.6. The van der Waals surface area contributed by atoms with Crippen LogP contribution in [0.4, 0.5) is 8.78 Å². The predicted molar refractivity (Wildman–Crippen MR) is 95.7 cm³/mol. The number of benzene rings is 2. The van der Waals surface area contributed by atoms with E-state index in [0.29, 0.717) is 11.1 Å². The lowest BCUT2D eigenvalue weighted by Crippen LogP contribution is -2.27. The molecular weight excluding hydrogens is 376 g/mol. The van der Waals surface area contributed by atoms with Gasteiger partial charge in [0, 0.05) is 12.0 Å². The van der Waals surface area contributed by atoms with Gasteiger partial charge in [-0.25, -0.2) is 17.2 Å². The fourth-order valence-electron chi connectivity index (χ4n) is 2.70. The number of fused-ring (bicyclic) bond motifs is 1. The van der Waals surface area contributed by atoms with Gasteiger partial charge in [-0.1, -0.05) is 18.2 Å². The molecule has 1 aliphatic rings. The summed E-state index contributed by atoms with van der Waals surface area (Å²) in [5.41, 5.74) is 0.902. The number of carbonyl (C=O) groups excluding carboxylic acids is 1. The SMILES string of the molecule is CC(NC(=O)CCN=C1NS(=O)(=O)c2ccccc21)c1ccc(F)c(F)c1. The molecule has 1 amide bonds. The molecule has 0 aliphatic carbocycles. The van der Waals surface area contributed by atoms with Gasteiger partial charge in [0.1, 0.15) is 5.84 Å². The van der Waals surface area contributed by atoms with Gasteiger partial charge in [-0.05, 0) is 36.8 Å². The molecule has 1 aliphatic heterocycles. The zero-order chi connectivity index (χ0) is 19.6. The summed E-state index contributed by atoms with van der Waals surface area (Å²) in [6, 6.07) is 9.36. The standard InChI is InChI=1S/C18H17F2N3O3S/c1-11(12-6-7-14(19)15(20)10-12)22-17(24)8-9-21-18-13-4-2-3-5-16(13)27(25,26)23-18/h2-7,10-11H,8-9H2,1H3,(H,21,23)(H,22,24). The number of nitrogens with zero attached hydrogens (tertiary/aromatic N) is 1. The average molecular weight is 393 g/mol. The number of rotatable bonds is 5. The van der Waals surface area contributed by atoms with E-state index in [1.165, 1.54) is 12.1 Å². The first-order valence-corrected chi connectivity index (χ1v) is 9.67. The lowest BCUT2D eigenvalue weighted by molar-refractivity contribution is -0.121. The molecule has 0 spiro atoms. The van der Waals surface area contributed by atoms with Gasteiger partial charge >= 0.3 is 0 Å². The van der Waals surface area contributed by atoms with Gasteiger partial charge < -0.3 is 5.32 Å². The van der Waals surface area contributed by atoms with E-state index in [4.69, 9.17) is 0 Å². The fourth-order valence-corrected chi connectivity index (χ4v) is 3.95. The molecule has 1 heterocycles. The van der Waals surface area contributed by atoms with E-state index in [2.05, 4.69) is 15.0 Å². The van der Waals surface area contributed by atoms with Crippen LogP contribution in [-0.4, -0.2) is 26.7 Å². The molecule has 27 heavy (non-hydrogen) atoms. The second-order valence-electron chi connectivity index (χ2n) is 6.04. The molecular formula is C18H17F2N3O3S. The van der Waals surface area contributed by atoms with Gasteiger partial charge in [0.25, 0.3) is 10.0 Å². The Kier molecular flexibility index (Phi) is 5.22. The largest absolute Gasteiger partial charge is 0.350 e. The monoisotopic (exact) mass is 393 g/mol. The number of hydrogen-bond donors (Lipinski definition) is 2. The van der Waals surface area contributed by atoms with Gasteiger partial charge in [-0.15, -0.1) is 0 Å². The van der Waals surface area contributed by atoms with E-state index < -0.39 is 27.7 Å². The number of carbonyl (C=O) groups is 1. The van der Waals surface area contributed by atoms with E-state index >= 15 is 0 Å². The second kappa shape index (κ2) is 7.43. The molecule has 0 aromatic heterocycles. The molecule has 0 radical (unpaired) electrons. The van der Waals surface area contributed by atoms with Crippen molar-refractivity contribution in [2.24, 2.45) is 4.99 Å². The second-order valence-corrected chi connectivity index (χ2v) is 7.70. The fraction of sp³-hybridized carbons (Fsp3) is 0.222. The third kappa shape index (κ3) is 4.13. The van der Waals surface area contributed by atoms with Crippen LogP contribution in [0.1, 0.15) is 30.5 Å². The molecule has 0 saturated heterocycles. The lowest BCUT2D eigenvalue weighted by atomic mass is 10.1. The van der Waals surface area contributed by atoms with Crippen molar-refractivity contribution in [2.75, 3.05) is 6.54 Å². The van der Waals surface area contributed by atoms with Gasteiger partial charge in [-0.2, -0.15) is 0 Å². The van der Waals surface area contributed by atoms with Crippen LogP contribution in [-0.2, 0) is 14.8 Å². The molecule has 1 unspecified atom stereocenters. The van der Waals surface area contributed by atoms with Crippen LogP contribution in [0.15, 0.2) is 52.4 Å². The van der Waals surface area contributed by atoms with E-state index in [0.717, 1.165) is 12.1 Å². The topological polar surface area (TPSA) is 87.6 Å². The minimum Gasteiger partial charge on any atom is -0.350 e. The maximum absolute atomic E-state index is 13.3. The minimum absolute atomic E-state index is 0.0153. The molecule has 9 heteroatoms. The van der Waals surface area contributed by atoms with Gasteiger partial charge in [-0.3, -0.25) is 14.5 Å². The van der Waals surface area contributed by atoms with E-state index in [-0.39, 0.29) is 29.6 Å². The number of halogens is 2. The summed E-state index contributed by atoms with van der Waals surface area (Å²) in [7, 11) is -3.62. The van der Waals surface area contributed by atoms with Crippen LogP contribution in [0.25, 0.3) is 0 Å². The zero-order valence-corrected chi connectivity index (χ0v) is 15.2. The Morgan fingerprint density at radius 1 is 1.19 bits per heavy atom. The highest BCUT2D eigenvalue weighted by atomic mass is 32.2. The van der Waals surface area contributed by atoms with Crippen molar-refractivity contribution in [3.63, 3.8) is 0 Å². The van der Waals surface area contributed by atoms with Crippen molar-refractivity contribution in [2.45, 2.75) is 24.3 Å². The third-order valence-electron chi connectivity index (χ3n) is 4.09. The highest BCUT2D eigenvalue weighted by Crippen LogP contribution is 2.22. The van der Waals surface area contributed by atoms with Crippen molar-refractivity contribution in [1.82, 2.24) is 10.0 Å². The maximum Gasteiger partial charge on any atom is 0.263 e. The highest BCUT2D eigenvalue weighted by Gasteiger charge is 2.29. The van der Waals surface area contributed by atoms with Gasteiger partial charge in [0.05, 0.1) is 17.5 Å². The van der Waals surface area contributed by atoms with E-state index in [1.807, 2.05) is 0 Å². The lowest BCUT2D eigenvalue weighted by Gasteiger charge is -2.14. The van der Waals surface area contributed by atoms with Crippen molar-refractivity contribution >= 4 is 21.8 Å². The Bertz CT molecular complexity index is 1020. The normalized spacial score (nSPS) is 17.2. The molecule has 2 N–H and O–H groups in total. The minimum atomic E-state index is -3.62. The molecule has 2 aromatic carbocycles. The van der Waals surface area contributed by atoms with Crippen molar-refractivity contribution in [3.05, 3.63) is 65.2 Å². The Hall–Kier alpha value is -2.81. The van der Waals surface area contributed by atoms with Crippen LogP contribution in [0, 0.1) is 11.6 Å². The zero-order valence-electron chi connectivity index (χ0n) is 14.4. The maximum atomic E-state index is 13.3. The first-order valence-electron chi connectivity index (χ1n) is 8.19. The molecule has 142 valence electrons. The quantitative estimate of drug-likeness (QED) is 0.817. The summed E-state index contributed by atoms with van der Waals surface area (Å²) in [6.07, 6.45) is 0.0153. The molecule has 2 aromatic rings. The summed E-state index contributed by atoms with van der Waals surface area (Å²) in [4.78, 5) is 16.4. The van der Waals surface area contributed by atoms with Crippen molar-refractivity contribution < 1.29 is 22.0 Å². The van der Waals surface area contributed by atoms with Gasteiger partial charge in [0.15, 0.2) is 11.6 Å². The summed E-state index contributed by atoms with van der Waals surface area (Å²) in [5.74, 6) is -2.07. The number of aliphatic imine (C=N–C) groups is 1. The Morgan fingerprint density at radius 2 is 1.93 bits per heavy atom. The number of amides is 1. The molecule has 6 nitrogen and oxygen atoms in total. The average Bonchev–Trinajstić information content (AvgIpc) is 2.88. The highest BCUT2D eigenvalue weighted by molar-refractivity contribution is 7.90. The van der Waals surface area contributed by atoms with Crippen LogP contribution >= 0.6 is 0 Å². The molecule has 3 rings (SSSR count). The number of amidine groups is 1. The summed E-state index contributed by atoms with van der Waals surface area (Å²) >= 11 is 0. The molecule has 0 bridgehead atoms. The van der Waals surface area contributed by atoms with Gasteiger partial charge in [0.2, 0.25) is 5.91 Å². The molecule has 0 saturated carbocycles. The van der Waals surface area contributed by atoms with E-state index in [1.54, 1.807) is 25.1 Å². The van der Waals surface area contributed by atoms with Crippen molar-refractivity contribution in [1.29, 1.82) is 0 Å². The van der Waals surface area contributed by atoms with Crippen LogP contribution in [0.2, 0.25) is 0 Å². The Morgan fingerprint density at radius 3 is 2.67 bits per heavy atom. The number of sulfonamides is 1. The Labute approximate surface area is 155 Å². The Balaban J connectivity index is 1.60. The molecule has 1 atom stereocenters. The molecule has 0 fully saturated rings. The van der Waals surface area contributed by atoms with Crippen LogP contribution in [0.3, 0.4) is 0 Å². The van der Waals surface area contributed by atoms with Crippen molar-refractivity contribution in [3.8, 4) is 0 Å². The third-order valence-corrected chi connectivity index (χ3v) is 5.49. The van der Waals surface area contributed by atoms with Crippen LogP contribution < -0.4 is 10.0 Å². The van der Waals surface area contributed by atoms with Crippen LogP contribution in [0.5, 0.6) is 0 Å².